The number of halogens is 1. The van der Waals surface area contributed by atoms with Crippen molar-refractivity contribution in [3.05, 3.63) is 40.0 Å². The van der Waals surface area contributed by atoms with Crippen molar-refractivity contribution < 1.29 is 18.3 Å². The summed E-state index contributed by atoms with van der Waals surface area (Å²) in [5, 5.41) is 12.8. The lowest BCUT2D eigenvalue weighted by molar-refractivity contribution is 0.0698. The molecule has 0 fully saturated rings. The van der Waals surface area contributed by atoms with E-state index in [2.05, 4.69) is 25.8 Å². The topological polar surface area (TPSA) is 101 Å². The maximum Gasteiger partial charge on any atom is 0.341 e. The van der Waals surface area contributed by atoms with Crippen LogP contribution in [0.1, 0.15) is 15.9 Å². The Morgan fingerprint density at radius 3 is 2.71 bits per heavy atom. The van der Waals surface area contributed by atoms with Crippen LogP contribution in [0.3, 0.4) is 0 Å². The number of nitrogens with one attached hydrogen (secondary N) is 1. The van der Waals surface area contributed by atoms with E-state index in [1.54, 1.807) is 19.1 Å². The number of carboxylic acid groups (broad SMARTS) is 1. The molecule has 2 aromatic rings. The quantitative estimate of drug-likeness (QED) is 0.852. The molecule has 2 N–H and O–H groups in total. The molecule has 0 saturated heterocycles. The molecule has 2 rings (SSSR count). The highest BCUT2D eigenvalue weighted by molar-refractivity contribution is 9.10. The molecule has 0 aliphatic carbocycles. The summed E-state index contributed by atoms with van der Waals surface area (Å²) >= 11 is 3.21. The second-order valence-corrected chi connectivity index (χ2v) is 6.92. The predicted molar refractivity (Wildman–Crippen MR) is 79.9 cm³/mol. The third kappa shape index (κ3) is 3.08. The first-order valence-electron chi connectivity index (χ1n) is 5.76. The Morgan fingerprint density at radius 1 is 1.43 bits per heavy atom. The van der Waals surface area contributed by atoms with Gasteiger partial charge in [0.15, 0.2) is 5.82 Å². The lowest BCUT2D eigenvalue weighted by atomic mass is 10.2. The van der Waals surface area contributed by atoms with Gasteiger partial charge in [0.1, 0.15) is 5.56 Å². The molecular weight excluding hydrogens is 362 g/mol. The Balaban J connectivity index is 2.50. The average Bonchev–Trinajstić information content (AvgIpc) is 2.73. The Bertz CT molecular complexity index is 814. The number of hydrogen-bond acceptors (Lipinski definition) is 4. The maximum absolute atomic E-state index is 12.4. The highest BCUT2D eigenvalue weighted by atomic mass is 79.9. The van der Waals surface area contributed by atoms with Crippen molar-refractivity contribution in [1.82, 2.24) is 9.78 Å². The first kappa shape index (κ1) is 15.5. The SMILES string of the molecule is Cc1ccc(Br)cc1S(=O)(=O)Nc1c(C(=O)O)cnn1C. The third-order valence-corrected chi connectivity index (χ3v) is 4.81. The standard InChI is InChI=1S/C12H12BrN3O4S/c1-7-3-4-8(13)5-10(7)21(19,20)15-11-9(12(17)18)6-14-16(11)2/h3-6,15H,1-2H3,(H,17,18). The number of aromatic carboxylic acids is 1. The Hall–Kier alpha value is -1.87. The van der Waals surface area contributed by atoms with Crippen molar-refractivity contribution in [3.63, 3.8) is 0 Å². The summed E-state index contributed by atoms with van der Waals surface area (Å²) in [7, 11) is -2.46. The minimum atomic E-state index is -3.92. The van der Waals surface area contributed by atoms with Gasteiger partial charge in [-0.05, 0) is 24.6 Å². The van der Waals surface area contributed by atoms with Crippen molar-refractivity contribution in [2.24, 2.45) is 7.05 Å². The maximum atomic E-state index is 12.4. The summed E-state index contributed by atoms with van der Waals surface area (Å²) in [5.74, 6) is -1.35. The molecule has 7 nitrogen and oxygen atoms in total. The summed E-state index contributed by atoms with van der Waals surface area (Å²) in [6.07, 6.45) is 1.09. The molecule has 0 radical (unpaired) electrons. The van der Waals surface area contributed by atoms with Crippen LogP contribution < -0.4 is 4.72 Å². The number of anilines is 1. The minimum Gasteiger partial charge on any atom is -0.477 e. The average molecular weight is 374 g/mol. The van der Waals surface area contributed by atoms with Gasteiger partial charge in [-0.15, -0.1) is 0 Å². The van der Waals surface area contributed by atoms with E-state index in [0.717, 1.165) is 10.9 Å². The van der Waals surface area contributed by atoms with E-state index in [1.165, 1.54) is 13.1 Å². The smallest absolute Gasteiger partial charge is 0.341 e. The fraction of sp³-hybridized carbons (Fsp3) is 0.167. The molecular formula is C12H12BrN3O4S. The summed E-state index contributed by atoms with van der Waals surface area (Å²) in [5.41, 5.74) is 0.332. The van der Waals surface area contributed by atoms with Gasteiger partial charge in [-0.2, -0.15) is 5.10 Å². The van der Waals surface area contributed by atoms with Gasteiger partial charge in [0.05, 0.1) is 11.1 Å². The van der Waals surface area contributed by atoms with Crippen LogP contribution in [0.25, 0.3) is 0 Å². The highest BCUT2D eigenvalue weighted by Crippen LogP contribution is 2.24. The molecule has 0 aliphatic rings. The largest absolute Gasteiger partial charge is 0.477 e. The summed E-state index contributed by atoms with van der Waals surface area (Å²) in [6, 6.07) is 4.83. The second-order valence-electron chi connectivity index (χ2n) is 4.35. The molecule has 0 saturated carbocycles. The van der Waals surface area contributed by atoms with E-state index < -0.39 is 16.0 Å². The van der Waals surface area contributed by atoms with E-state index in [9.17, 15) is 13.2 Å². The number of aromatic nitrogens is 2. The van der Waals surface area contributed by atoms with Gasteiger partial charge in [0.2, 0.25) is 0 Å². The van der Waals surface area contributed by atoms with Crippen molar-refractivity contribution in [2.45, 2.75) is 11.8 Å². The molecule has 0 aliphatic heterocycles. The van der Waals surface area contributed by atoms with Crippen LogP contribution in [-0.2, 0) is 17.1 Å². The first-order chi connectivity index (χ1) is 9.72. The van der Waals surface area contributed by atoms with Crippen molar-refractivity contribution in [1.29, 1.82) is 0 Å². The summed E-state index contributed by atoms with van der Waals surface area (Å²) in [4.78, 5) is 11.1. The Labute approximate surface area is 129 Å². The van der Waals surface area contributed by atoms with Crippen LogP contribution >= 0.6 is 15.9 Å². The zero-order chi connectivity index (χ0) is 15.8. The van der Waals surface area contributed by atoms with Crippen molar-refractivity contribution in [3.8, 4) is 0 Å². The molecule has 0 unspecified atom stereocenters. The lowest BCUT2D eigenvalue weighted by Crippen LogP contribution is -2.18. The van der Waals surface area contributed by atoms with E-state index >= 15 is 0 Å². The van der Waals surface area contributed by atoms with Gasteiger partial charge in [-0.3, -0.25) is 9.40 Å². The van der Waals surface area contributed by atoms with E-state index in [4.69, 9.17) is 5.11 Å². The number of rotatable bonds is 4. The van der Waals surface area contributed by atoms with Gasteiger partial charge in [0.25, 0.3) is 10.0 Å². The Morgan fingerprint density at radius 2 is 2.10 bits per heavy atom. The fourth-order valence-electron chi connectivity index (χ4n) is 1.76. The van der Waals surface area contributed by atoms with Crippen LogP contribution in [0.2, 0.25) is 0 Å². The molecule has 0 bridgehead atoms. The number of carboxylic acids is 1. The van der Waals surface area contributed by atoms with Crippen LogP contribution in [0.15, 0.2) is 33.8 Å². The monoisotopic (exact) mass is 373 g/mol. The van der Waals surface area contributed by atoms with Crippen LogP contribution in [-0.4, -0.2) is 29.3 Å². The van der Waals surface area contributed by atoms with Gasteiger partial charge in [0, 0.05) is 11.5 Å². The molecule has 1 aromatic heterocycles. The molecule has 1 aromatic carbocycles. The number of benzene rings is 1. The second kappa shape index (κ2) is 5.49. The van der Waals surface area contributed by atoms with Crippen LogP contribution in [0.4, 0.5) is 5.82 Å². The highest BCUT2D eigenvalue weighted by Gasteiger charge is 2.23. The van der Waals surface area contributed by atoms with Gasteiger partial charge < -0.3 is 5.11 Å². The van der Waals surface area contributed by atoms with E-state index in [-0.39, 0.29) is 16.3 Å². The first-order valence-corrected chi connectivity index (χ1v) is 8.04. The number of carbonyl (C=O) groups is 1. The molecule has 112 valence electrons. The summed E-state index contributed by atoms with van der Waals surface area (Å²) < 4.78 is 28.9. The molecule has 21 heavy (non-hydrogen) atoms. The molecule has 9 heteroatoms. The minimum absolute atomic E-state index is 0.0643. The van der Waals surface area contributed by atoms with Crippen LogP contribution in [0.5, 0.6) is 0 Å². The zero-order valence-corrected chi connectivity index (χ0v) is 13.6. The Kier molecular flexibility index (Phi) is 4.06. The van der Waals surface area contributed by atoms with Gasteiger partial charge in [-0.1, -0.05) is 22.0 Å². The molecule has 0 amide bonds. The number of hydrogen-bond donors (Lipinski definition) is 2. The third-order valence-electron chi connectivity index (χ3n) is 2.84. The summed E-state index contributed by atoms with van der Waals surface area (Å²) in [6.45, 7) is 1.66. The number of sulfonamides is 1. The van der Waals surface area contributed by atoms with Gasteiger partial charge >= 0.3 is 5.97 Å². The number of nitrogens with zero attached hydrogens (tertiary/aromatic N) is 2. The van der Waals surface area contributed by atoms with Crippen molar-refractivity contribution >= 4 is 37.7 Å². The lowest BCUT2D eigenvalue weighted by Gasteiger charge is -2.11. The van der Waals surface area contributed by atoms with Crippen molar-refractivity contribution in [2.75, 3.05) is 4.72 Å². The molecule has 0 spiro atoms. The molecule has 0 atom stereocenters. The number of aryl methyl sites for hydroxylation is 2. The predicted octanol–water partition coefficient (Wildman–Crippen LogP) is 1.99. The van der Waals surface area contributed by atoms with E-state index in [1.807, 2.05) is 0 Å². The van der Waals surface area contributed by atoms with E-state index in [0.29, 0.717) is 10.0 Å². The fourth-order valence-corrected chi connectivity index (χ4v) is 3.65. The molecule has 1 heterocycles. The van der Waals surface area contributed by atoms with Crippen LogP contribution in [0, 0.1) is 6.92 Å². The zero-order valence-electron chi connectivity index (χ0n) is 11.2. The normalized spacial score (nSPS) is 11.4. The van der Waals surface area contributed by atoms with Gasteiger partial charge in [-0.25, -0.2) is 13.2 Å².